The molecule has 1 aromatic heterocycles. The Bertz CT molecular complexity index is 1220. The van der Waals surface area contributed by atoms with Gasteiger partial charge in [0, 0.05) is 48.4 Å². The number of nitrogens with zero attached hydrogens (tertiary/aromatic N) is 5. The molecule has 0 spiro atoms. The third-order valence-electron chi connectivity index (χ3n) is 6.61. The van der Waals surface area contributed by atoms with Crippen LogP contribution in [0.2, 0.25) is 5.02 Å². The number of amides is 2. The Kier molecular flexibility index (Phi) is 7.13. The summed E-state index contributed by atoms with van der Waals surface area (Å²) in [6.45, 7) is 2.64. The van der Waals surface area contributed by atoms with E-state index in [9.17, 15) is 14.0 Å². The predicted octanol–water partition coefficient (Wildman–Crippen LogP) is 4.28. The third-order valence-corrected chi connectivity index (χ3v) is 6.86. The van der Waals surface area contributed by atoms with E-state index in [1.165, 1.54) is 12.1 Å². The van der Waals surface area contributed by atoms with E-state index in [0.29, 0.717) is 35.9 Å². The molecule has 36 heavy (non-hydrogen) atoms. The average Bonchev–Trinajstić information content (AvgIpc) is 3.75. The molecule has 2 amide bonds. The van der Waals surface area contributed by atoms with Gasteiger partial charge in [-0.1, -0.05) is 11.6 Å². The van der Waals surface area contributed by atoms with Crippen LogP contribution in [0.25, 0.3) is 11.3 Å². The highest BCUT2D eigenvalue weighted by atomic mass is 35.5. The van der Waals surface area contributed by atoms with Crippen LogP contribution in [0, 0.1) is 5.82 Å². The second-order valence-corrected chi connectivity index (χ2v) is 9.61. The van der Waals surface area contributed by atoms with Crippen LogP contribution < -0.4 is 4.90 Å². The number of carbonyl (C=O) groups is 2. The van der Waals surface area contributed by atoms with Gasteiger partial charge in [-0.2, -0.15) is 0 Å². The fourth-order valence-electron chi connectivity index (χ4n) is 4.42. The first-order valence-electron chi connectivity index (χ1n) is 12.2. The second-order valence-electron chi connectivity index (χ2n) is 9.18. The summed E-state index contributed by atoms with van der Waals surface area (Å²) in [4.78, 5) is 31.9. The van der Waals surface area contributed by atoms with Crippen molar-refractivity contribution < 1.29 is 14.0 Å². The highest BCUT2D eigenvalue weighted by molar-refractivity contribution is 6.30. The molecule has 2 fully saturated rings. The van der Waals surface area contributed by atoms with Crippen LogP contribution in [0.1, 0.15) is 29.6 Å². The number of carbonyl (C=O) groups excluding carboxylic acids is 2. The van der Waals surface area contributed by atoms with Crippen molar-refractivity contribution >= 4 is 29.2 Å². The Hall–Kier alpha value is -3.52. The van der Waals surface area contributed by atoms with Crippen molar-refractivity contribution in [2.24, 2.45) is 0 Å². The fourth-order valence-corrected chi connectivity index (χ4v) is 4.55. The molecule has 1 saturated heterocycles. The average molecular weight is 508 g/mol. The number of anilines is 1. The SMILES string of the molecule is O=C(CN(C(=O)c1ccc(Cl)cc1)C1CC1)N1CCCN(c2ccc(-c3ccc(F)cc3)nn2)CC1. The molecule has 186 valence electrons. The van der Waals surface area contributed by atoms with Gasteiger partial charge < -0.3 is 14.7 Å². The van der Waals surface area contributed by atoms with Gasteiger partial charge in [0.05, 0.1) is 5.69 Å². The fraction of sp³-hybridized carbons (Fsp3) is 0.333. The molecule has 7 nitrogen and oxygen atoms in total. The normalized spacial score (nSPS) is 15.9. The number of benzene rings is 2. The lowest BCUT2D eigenvalue weighted by molar-refractivity contribution is -0.131. The van der Waals surface area contributed by atoms with Gasteiger partial charge in [0.1, 0.15) is 12.4 Å². The Morgan fingerprint density at radius 1 is 0.917 bits per heavy atom. The predicted molar refractivity (Wildman–Crippen MR) is 136 cm³/mol. The van der Waals surface area contributed by atoms with Crippen molar-refractivity contribution in [3.8, 4) is 11.3 Å². The Balaban J connectivity index is 1.20. The molecule has 0 N–H and O–H groups in total. The van der Waals surface area contributed by atoms with Crippen LogP contribution >= 0.6 is 11.6 Å². The summed E-state index contributed by atoms with van der Waals surface area (Å²) >= 11 is 5.96. The van der Waals surface area contributed by atoms with E-state index in [0.717, 1.165) is 37.2 Å². The van der Waals surface area contributed by atoms with Gasteiger partial charge in [-0.05, 0) is 79.9 Å². The van der Waals surface area contributed by atoms with Gasteiger partial charge in [0.15, 0.2) is 5.82 Å². The summed E-state index contributed by atoms with van der Waals surface area (Å²) in [6, 6.07) is 16.9. The highest BCUT2D eigenvalue weighted by Crippen LogP contribution is 2.29. The molecule has 3 aromatic rings. The first-order valence-corrected chi connectivity index (χ1v) is 12.5. The first kappa shape index (κ1) is 24.2. The van der Waals surface area contributed by atoms with Gasteiger partial charge in [0.2, 0.25) is 5.91 Å². The van der Waals surface area contributed by atoms with Gasteiger partial charge in [-0.15, -0.1) is 10.2 Å². The first-order chi connectivity index (χ1) is 17.5. The molecular weight excluding hydrogens is 481 g/mol. The van der Waals surface area contributed by atoms with Gasteiger partial charge in [0.25, 0.3) is 5.91 Å². The van der Waals surface area contributed by atoms with Crippen LogP contribution in [0.4, 0.5) is 10.2 Å². The maximum atomic E-state index is 13.2. The van der Waals surface area contributed by atoms with E-state index >= 15 is 0 Å². The molecular formula is C27H27ClFN5O2. The van der Waals surface area contributed by atoms with Crippen LogP contribution in [-0.2, 0) is 4.79 Å². The van der Waals surface area contributed by atoms with E-state index in [1.54, 1.807) is 41.3 Å². The molecule has 2 aliphatic rings. The van der Waals surface area contributed by atoms with Crippen molar-refractivity contribution in [2.75, 3.05) is 37.6 Å². The van der Waals surface area contributed by atoms with Crippen molar-refractivity contribution in [3.63, 3.8) is 0 Å². The number of halogens is 2. The molecule has 0 unspecified atom stereocenters. The van der Waals surface area contributed by atoms with Crippen LogP contribution in [0.15, 0.2) is 60.7 Å². The lowest BCUT2D eigenvalue weighted by atomic mass is 10.1. The zero-order valence-electron chi connectivity index (χ0n) is 19.8. The molecule has 1 aliphatic carbocycles. The Labute approximate surface area is 214 Å². The standard InChI is InChI=1S/C27H27ClFN5O2/c28-21-6-2-20(3-7-21)27(36)34(23-10-11-23)18-26(35)33-15-1-14-32(16-17-33)25-13-12-24(30-31-25)19-4-8-22(29)9-5-19/h2-9,12-13,23H,1,10-11,14-18H2. The Morgan fingerprint density at radius 3 is 2.33 bits per heavy atom. The molecule has 1 aliphatic heterocycles. The summed E-state index contributed by atoms with van der Waals surface area (Å²) in [5.74, 6) is 0.286. The monoisotopic (exact) mass is 507 g/mol. The van der Waals surface area contributed by atoms with Crippen molar-refractivity contribution in [2.45, 2.75) is 25.3 Å². The van der Waals surface area contributed by atoms with Crippen LogP contribution in [-0.4, -0.2) is 70.6 Å². The number of aromatic nitrogens is 2. The topological polar surface area (TPSA) is 69.6 Å². The largest absolute Gasteiger partial charge is 0.353 e. The minimum atomic E-state index is -0.290. The van der Waals surface area contributed by atoms with E-state index in [4.69, 9.17) is 11.6 Å². The van der Waals surface area contributed by atoms with Crippen molar-refractivity contribution in [1.29, 1.82) is 0 Å². The minimum absolute atomic E-state index is 0.0381. The number of hydrogen-bond acceptors (Lipinski definition) is 5. The molecule has 9 heteroatoms. The van der Waals surface area contributed by atoms with Gasteiger partial charge >= 0.3 is 0 Å². The van der Waals surface area contributed by atoms with Crippen molar-refractivity contribution in [3.05, 3.63) is 77.1 Å². The molecule has 1 saturated carbocycles. The molecule has 5 rings (SSSR count). The lowest BCUT2D eigenvalue weighted by Crippen LogP contribution is -2.45. The Morgan fingerprint density at radius 2 is 1.67 bits per heavy atom. The highest BCUT2D eigenvalue weighted by Gasteiger charge is 2.35. The smallest absolute Gasteiger partial charge is 0.254 e. The van der Waals surface area contributed by atoms with E-state index in [-0.39, 0.29) is 30.2 Å². The minimum Gasteiger partial charge on any atom is -0.353 e. The molecule has 2 heterocycles. The molecule has 0 bridgehead atoms. The summed E-state index contributed by atoms with van der Waals surface area (Å²) in [7, 11) is 0. The zero-order chi connectivity index (χ0) is 25.1. The quantitative estimate of drug-likeness (QED) is 0.498. The number of hydrogen-bond donors (Lipinski definition) is 0. The maximum absolute atomic E-state index is 13.2. The zero-order valence-corrected chi connectivity index (χ0v) is 20.6. The van der Waals surface area contributed by atoms with E-state index in [1.807, 2.05) is 17.0 Å². The summed E-state index contributed by atoms with van der Waals surface area (Å²) in [6.07, 6.45) is 2.64. The summed E-state index contributed by atoms with van der Waals surface area (Å²) in [5, 5.41) is 9.26. The molecule has 0 atom stereocenters. The van der Waals surface area contributed by atoms with E-state index in [2.05, 4.69) is 15.1 Å². The third kappa shape index (κ3) is 5.65. The van der Waals surface area contributed by atoms with Gasteiger partial charge in [-0.3, -0.25) is 9.59 Å². The van der Waals surface area contributed by atoms with Gasteiger partial charge in [-0.25, -0.2) is 4.39 Å². The second kappa shape index (κ2) is 10.6. The van der Waals surface area contributed by atoms with E-state index < -0.39 is 0 Å². The number of rotatable bonds is 6. The molecule has 0 radical (unpaired) electrons. The summed E-state index contributed by atoms with van der Waals surface area (Å²) < 4.78 is 13.2. The maximum Gasteiger partial charge on any atom is 0.254 e. The summed E-state index contributed by atoms with van der Waals surface area (Å²) in [5.41, 5.74) is 2.02. The lowest BCUT2D eigenvalue weighted by Gasteiger charge is -2.27. The van der Waals surface area contributed by atoms with Crippen molar-refractivity contribution in [1.82, 2.24) is 20.0 Å². The van der Waals surface area contributed by atoms with Crippen LogP contribution in [0.3, 0.4) is 0 Å². The van der Waals surface area contributed by atoms with Crippen LogP contribution in [0.5, 0.6) is 0 Å². The molecule has 2 aromatic carbocycles.